The SMILES string of the molecule is COC(=O)[C@@H](Cc1ccc(F)cc1)NC(=O)Cc1ccon1. The van der Waals surface area contributed by atoms with E-state index in [2.05, 4.69) is 19.7 Å². The molecule has 2 aromatic rings. The van der Waals surface area contributed by atoms with Crippen molar-refractivity contribution in [3.8, 4) is 0 Å². The molecule has 2 rings (SSSR count). The minimum Gasteiger partial charge on any atom is -0.467 e. The lowest BCUT2D eigenvalue weighted by molar-refractivity contribution is -0.145. The van der Waals surface area contributed by atoms with Gasteiger partial charge in [0.25, 0.3) is 0 Å². The van der Waals surface area contributed by atoms with E-state index in [-0.39, 0.29) is 24.6 Å². The van der Waals surface area contributed by atoms with Crippen molar-refractivity contribution in [3.63, 3.8) is 0 Å². The molecule has 6 nitrogen and oxygen atoms in total. The summed E-state index contributed by atoms with van der Waals surface area (Å²) in [5.41, 5.74) is 1.17. The van der Waals surface area contributed by atoms with Gasteiger partial charge >= 0.3 is 5.97 Å². The first-order valence-corrected chi connectivity index (χ1v) is 6.59. The van der Waals surface area contributed by atoms with Gasteiger partial charge in [-0.25, -0.2) is 9.18 Å². The van der Waals surface area contributed by atoms with E-state index in [4.69, 9.17) is 0 Å². The molecule has 7 heteroatoms. The highest BCUT2D eigenvalue weighted by Gasteiger charge is 2.22. The second-order valence-corrected chi connectivity index (χ2v) is 4.64. The van der Waals surface area contributed by atoms with E-state index in [1.54, 1.807) is 18.2 Å². The molecule has 1 atom stereocenters. The summed E-state index contributed by atoms with van der Waals surface area (Å²) in [6.45, 7) is 0. The van der Waals surface area contributed by atoms with Crippen LogP contribution in [0.2, 0.25) is 0 Å². The van der Waals surface area contributed by atoms with Crippen molar-refractivity contribution in [3.05, 3.63) is 53.7 Å². The van der Waals surface area contributed by atoms with Crippen molar-refractivity contribution in [2.45, 2.75) is 18.9 Å². The normalized spacial score (nSPS) is 11.7. The van der Waals surface area contributed by atoms with Crippen LogP contribution in [-0.2, 0) is 27.2 Å². The van der Waals surface area contributed by atoms with Gasteiger partial charge in [0, 0.05) is 12.5 Å². The van der Waals surface area contributed by atoms with Crippen LogP contribution in [0.15, 0.2) is 41.1 Å². The molecule has 0 aliphatic rings. The van der Waals surface area contributed by atoms with Crippen molar-refractivity contribution in [1.29, 1.82) is 0 Å². The minimum absolute atomic E-state index is 0.00654. The van der Waals surface area contributed by atoms with E-state index in [1.807, 2.05) is 0 Å². The zero-order valence-electron chi connectivity index (χ0n) is 11.9. The summed E-state index contributed by atoms with van der Waals surface area (Å²) in [7, 11) is 1.24. The summed E-state index contributed by atoms with van der Waals surface area (Å²) in [5, 5.41) is 6.21. The maximum atomic E-state index is 12.9. The number of carbonyl (C=O) groups excluding carboxylic acids is 2. The molecule has 0 saturated heterocycles. The van der Waals surface area contributed by atoms with Gasteiger partial charge in [-0.2, -0.15) is 0 Å². The molecule has 0 unspecified atom stereocenters. The van der Waals surface area contributed by atoms with Crippen molar-refractivity contribution in [1.82, 2.24) is 10.5 Å². The smallest absolute Gasteiger partial charge is 0.328 e. The molecular formula is C15H15FN2O4. The highest BCUT2D eigenvalue weighted by Crippen LogP contribution is 2.07. The molecule has 116 valence electrons. The molecule has 0 spiro atoms. The second kappa shape index (κ2) is 7.35. The second-order valence-electron chi connectivity index (χ2n) is 4.64. The molecule has 0 fully saturated rings. The average molecular weight is 306 g/mol. The third kappa shape index (κ3) is 4.41. The Morgan fingerprint density at radius 1 is 1.32 bits per heavy atom. The van der Waals surface area contributed by atoms with E-state index in [9.17, 15) is 14.0 Å². The average Bonchev–Trinajstić information content (AvgIpc) is 3.00. The highest BCUT2D eigenvalue weighted by atomic mass is 19.1. The lowest BCUT2D eigenvalue weighted by Crippen LogP contribution is -2.43. The van der Waals surface area contributed by atoms with Gasteiger partial charge in [-0.15, -0.1) is 0 Å². The number of amides is 1. The van der Waals surface area contributed by atoms with Gasteiger partial charge in [0.2, 0.25) is 5.91 Å². The number of halogens is 1. The standard InChI is InChI=1S/C15H15FN2O4/c1-21-15(20)13(8-10-2-4-11(16)5-3-10)17-14(19)9-12-6-7-22-18-12/h2-7,13H,8-9H2,1H3,(H,17,19)/t13-/m1/s1. The predicted octanol–water partition coefficient (Wildman–Crippen LogP) is 1.26. The Bertz CT molecular complexity index is 626. The van der Waals surface area contributed by atoms with Crippen LogP contribution in [0.4, 0.5) is 4.39 Å². The molecule has 22 heavy (non-hydrogen) atoms. The number of aromatic nitrogens is 1. The summed E-state index contributed by atoms with van der Waals surface area (Å²) in [6.07, 6.45) is 1.56. The fourth-order valence-corrected chi connectivity index (χ4v) is 1.93. The predicted molar refractivity (Wildman–Crippen MR) is 74.3 cm³/mol. The zero-order chi connectivity index (χ0) is 15.9. The Morgan fingerprint density at radius 3 is 2.64 bits per heavy atom. The fraction of sp³-hybridized carbons (Fsp3) is 0.267. The van der Waals surface area contributed by atoms with Crippen molar-refractivity contribution in [2.75, 3.05) is 7.11 Å². The van der Waals surface area contributed by atoms with E-state index in [1.165, 1.54) is 25.5 Å². The molecule has 0 aliphatic heterocycles. The molecule has 0 aliphatic carbocycles. The summed E-state index contributed by atoms with van der Waals surface area (Å²) < 4.78 is 22.2. The number of hydrogen-bond acceptors (Lipinski definition) is 5. The van der Waals surface area contributed by atoms with Gasteiger partial charge < -0.3 is 14.6 Å². The molecular weight excluding hydrogens is 291 g/mol. The van der Waals surface area contributed by atoms with Crippen LogP contribution < -0.4 is 5.32 Å². The van der Waals surface area contributed by atoms with Crippen LogP contribution in [0.3, 0.4) is 0 Å². The third-order valence-electron chi connectivity index (χ3n) is 3.01. The highest BCUT2D eigenvalue weighted by molar-refractivity contribution is 5.85. The molecule has 1 N–H and O–H groups in total. The topological polar surface area (TPSA) is 81.4 Å². The van der Waals surface area contributed by atoms with E-state index in [0.29, 0.717) is 11.3 Å². The molecule has 1 aromatic heterocycles. The number of benzene rings is 1. The first kappa shape index (κ1) is 15.7. The van der Waals surface area contributed by atoms with Crippen LogP contribution >= 0.6 is 0 Å². The minimum atomic E-state index is -0.852. The first-order valence-electron chi connectivity index (χ1n) is 6.59. The first-order chi connectivity index (χ1) is 10.6. The molecule has 1 heterocycles. The van der Waals surface area contributed by atoms with Crippen LogP contribution in [0.5, 0.6) is 0 Å². The summed E-state index contributed by atoms with van der Waals surface area (Å²) in [5.74, 6) is -1.32. The quantitative estimate of drug-likeness (QED) is 0.813. The number of ether oxygens (including phenoxy) is 1. The largest absolute Gasteiger partial charge is 0.467 e. The Kier molecular flexibility index (Phi) is 5.24. The monoisotopic (exact) mass is 306 g/mol. The van der Waals surface area contributed by atoms with E-state index in [0.717, 1.165) is 0 Å². The Balaban J connectivity index is 2.01. The van der Waals surface area contributed by atoms with E-state index >= 15 is 0 Å². The Morgan fingerprint density at radius 2 is 2.05 bits per heavy atom. The van der Waals surface area contributed by atoms with Gasteiger partial charge in [-0.3, -0.25) is 4.79 Å². The maximum Gasteiger partial charge on any atom is 0.328 e. The van der Waals surface area contributed by atoms with Gasteiger partial charge in [0.1, 0.15) is 18.1 Å². The van der Waals surface area contributed by atoms with Crippen LogP contribution in [0.1, 0.15) is 11.3 Å². The van der Waals surface area contributed by atoms with E-state index < -0.39 is 12.0 Å². The van der Waals surface area contributed by atoms with Gasteiger partial charge in [-0.1, -0.05) is 17.3 Å². The number of rotatable bonds is 6. The number of esters is 1. The number of methoxy groups -OCH3 is 1. The van der Waals surface area contributed by atoms with Gasteiger partial charge in [0.15, 0.2) is 0 Å². The van der Waals surface area contributed by atoms with Crippen LogP contribution in [0.25, 0.3) is 0 Å². The Hall–Kier alpha value is -2.70. The molecule has 0 saturated carbocycles. The summed E-state index contributed by atoms with van der Waals surface area (Å²) >= 11 is 0. The number of nitrogens with zero attached hydrogens (tertiary/aromatic N) is 1. The van der Waals surface area contributed by atoms with Crippen molar-refractivity contribution >= 4 is 11.9 Å². The van der Waals surface area contributed by atoms with Crippen molar-refractivity contribution in [2.24, 2.45) is 0 Å². The number of hydrogen-bond donors (Lipinski definition) is 1. The van der Waals surface area contributed by atoms with Gasteiger partial charge in [0.05, 0.1) is 19.2 Å². The zero-order valence-corrected chi connectivity index (χ0v) is 11.9. The molecule has 0 radical (unpaired) electrons. The van der Waals surface area contributed by atoms with Crippen LogP contribution in [-0.4, -0.2) is 30.2 Å². The lowest BCUT2D eigenvalue weighted by atomic mass is 10.1. The Labute approximate surface area is 126 Å². The summed E-state index contributed by atoms with van der Waals surface area (Å²) in [4.78, 5) is 23.7. The maximum absolute atomic E-state index is 12.9. The van der Waals surface area contributed by atoms with Crippen LogP contribution in [0, 0.1) is 5.82 Å². The molecule has 1 amide bonds. The van der Waals surface area contributed by atoms with Crippen molar-refractivity contribution < 1.29 is 23.2 Å². The fourth-order valence-electron chi connectivity index (χ4n) is 1.93. The number of nitrogens with one attached hydrogen (secondary N) is 1. The molecule has 1 aromatic carbocycles. The summed E-state index contributed by atoms with van der Waals surface area (Å²) in [6, 6.07) is 6.40. The molecule has 0 bridgehead atoms. The van der Waals surface area contributed by atoms with Gasteiger partial charge in [-0.05, 0) is 17.7 Å². The third-order valence-corrected chi connectivity index (χ3v) is 3.01. The lowest BCUT2D eigenvalue weighted by Gasteiger charge is -2.16. The number of carbonyl (C=O) groups is 2.